The lowest BCUT2D eigenvalue weighted by Crippen LogP contribution is -1.93. The van der Waals surface area contributed by atoms with Crippen molar-refractivity contribution in [3.05, 3.63) is 182 Å². The van der Waals surface area contributed by atoms with Crippen LogP contribution in [0.5, 0.6) is 0 Å². The highest BCUT2D eigenvalue weighted by Crippen LogP contribution is 2.42. The minimum Gasteiger partial charge on any atom is -0.309 e. The van der Waals surface area contributed by atoms with Gasteiger partial charge in [-0.2, -0.15) is 0 Å². The Hall–Kier alpha value is -7.09. The second-order valence-electron chi connectivity index (χ2n) is 12.9. The molecule has 3 aromatic heterocycles. The van der Waals surface area contributed by atoms with Crippen molar-refractivity contribution >= 4 is 59.9 Å². The molecule has 0 saturated heterocycles. The summed E-state index contributed by atoms with van der Waals surface area (Å²) >= 11 is 0. The van der Waals surface area contributed by atoms with Crippen LogP contribution in [0.4, 0.5) is 5.69 Å². The van der Waals surface area contributed by atoms with Gasteiger partial charge in [0.25, 0.3) is 0 Å². The minimum absolute atomic E-state index is 0.638. The predicted octanol–water partition coefficient (Wildman–Crippen LogP) is 12.6. The van der Waals surface area contributed by atoms with Crippen LogP contribution in [0.1, 0.15) is 0 Å². The summed E-state index contributed by atoms with van der Waals surface area (Å²) in [6.07, 6.45) is 3.76. The Morgan fingerprint density at radius 1 is 0.490 bits per heavy atom. The van der Waals surface area contributed by atoms with Gasteiger partial charge in [-0.1, -0.05) is 103 Å². The van der Waals surface area contributed by atoms with Gasteiger partial charge in [-0.15, -0.1) is 0 Å². The number of para-hydroxylation sites is 2. The fourth-order valence-corrected chi connectivity index (χ4v) is 7.73. The summed E-state index contributed by atoms with van der Waals surface area (Å²) in [6.45, 7) is 7.67. The van der Waals surface area contributed by atoms with Gasteiger partial charge < -0.3 is 4.57 Å². The second kappa shape index (κ2) is 11.5. The first-order valence-electron chi connectivity index (χ1n) is 17.0. The molecule has 0 atom stereocenters. The number of benzene rings is 7. The Bertz CT molecular complexity index is 3010. The van der Waals surface area contributed by atoms with Gasteiger partial charge in [0, 0.05) is 50.8 Å². The molecular formula is C47H28N4. The molecule has 0 spiro atoms. The molecule has 0 aliphatic heterocycles. The number of hydrogen-bond donors (Lipinski definition) is 0. The van der Waals surface area contributed by atoms with E-state index in [0.29, 0.717) is 5.69 Å². The van der Waals surface area contributed by atoms with E-state index in [2.05, 4.69) is 148 Å². The average molecular weight is 649 g/mol. The van der Waals surface area contributed by atoms with E-state index < -0.39 is 0 Å². The standard InChI is InChI=1S/C47H28N4/c1-48-34-22-24-45-41(27-34)40-26-32(21-23-44(40)51(45)35-11-3-2-4-12-35)30-17-19-31(20-18-30)47-42-28-39(33-10-9-25-49-29-33)36-13-5-6-14-37(36)46(42)38-15-7-8-16-43(38)50-47/h2-29H. The number of rotatable bonds is 4. The van der Waals surface area contributed by atoms with Crippen molar-refractivity contribution in [3.8, 4) is 39.2 Å². The van der Waals surface area contributed by atoms with Gasteiger partial charge in [-0.3, -0.25) is 4.98 Å². The van der Waals surface area contributed by atoms with Gasteiger partial charge in [0.1, 0.15) is 0 Å². The molecule has 0 fully saturated rings. The molecular weight excluding hydrogens is 621 g/mol. The molecule has 4 heteroatoms. The van der Waals surface area contributed by atoms with Crippen molar-refractivity contribution in [3.63, 3.8) is 0 Å². The molecule has 0 unspecified atom stereocenters. The summed E-state index contributed by atoms with van der Waals surface area (Å²) < 4.78 is 2.28. The van der Waals surface area contributed by atoms with E-state index >= 15 is 0 Å². The molecule has 0 aliphatic rings. The lowest BCUT2D eigenvalue weighted by Gasteiger charge is -2.16. The first-order valence-corrected chi connectivity index (χ1v) is 17.0. The number of hydrogen-bond acceptors (Lipinski definition) is 2. The van der Waals surface area contributed by atoms with Gasteiger partial charge in [-0.25, -0.2) is 9.83 Å². The molecule has 4 nitrogen and oxygen atoms in total. The fourth-order valence-electron chi connectivity index (χ4n) is 7.73. The number of pyridine rings is 2. The Morgan fingerprint density at radius 3 is 1.96 bits per heavy atom. The van der Waals surface area contributed by atoms with Crippen molar-refractivity contribution in [2.24, 2.45) is 0 Å². The van der Waals surface area contributed by atoms with Crippen molar-refractivity contribution < 1.29 is 0 Å². The molecule has 10 rings (SSSR count). The van der Waals surface area contributed by atoms with Gasteiger partial charge in [0.05, 0.1) is 28.8 Å². The van der Waals surface area contributed by atoms with Crippen LogP contribution < -0.4 is 0 Å². The highest BCUT2D eigenvalue weighted by molar-refractivity contribution is 6.25. The summed E-state index contributed by atoms with van der Waals surface area (Å²) in [4.78, 5) is 13.5. The monoisotopic (exact) mass is 648 g/mol. The van der Waals surface area contributed by atoms with Crippen LogP contribution in [0.3, 0.4) is 0 Å². The van der Waals surface area contributed by atoms with E-state index in [1.54, 1.807) is 0 Å². The van der Waals surface area contributed by atoms with Crippen LogP contribution >= 0.6 is 0 Å². The molecule has 3 heterocycles. The first-order chi connectivity index (χ1) is 25.2. The SMILES string of the molecule is [C-]#[N+]c1ccc2c(c1)c1cc(-c3ccc(-c4nc5ccccc5c5c4cc(-c4cccnc4)c4ccccc45)cc3)ccc1n2-c1ccccc1. The molecule has 7 aromatic carbocycles. The highest BCUT2D eigenvalue weighted by atomic mass is 15.0. The molecule has 0 amide bonds. The van der Waals surface area contributed by atoms with E-state index in [4.69, 9.17) is 11.6 Å². The zero-order valence-corrected chi connectivity index (χ0v) is 27.5. The molecule has 0 saturated carbocycles. The molecule has 0 bridgehead atoms. The Balaban J connectivity index is 1.16. The Labute approximate surface area is 294 Å². The summed E-state index contributed by atoms with van der Waals surface area (Å²) in [5.41, 5.74) is 11.4. The van der Waals surface area contributed by atoms with Gasteiger partial charge >= 0.3 is 0 Å². The van der Waals surface area contributed by atoms with Crippen molar-refractivity contribution in [2.75, 3.05) is 0 Å². The maximum Gasteiger partial charge on any atom is 0.188 e. The van der Waals surface area contributed by atoms with Crippen molar-refractivity contribution in [1.82, 2.24) is 14.5 Å². The molecule has 10 aromatic rings. The highest BCUT2D eigenvalue weighted by Gasteiger charge is 2.18. The van der Waals surface area contributed by atoms with Crippen LogP contribution in [-0.4, -0.2) is 14.5 Å². The zero-order chi connectivity index (χ0) is 33.9. The molecule has 0 radical (unpaired) electrons. The summed E-state index contributed by atoms with van der Waals surface area (Å²) in [7, 11) is 0. The van der Waals surface area contributed by atoms with E-state index in [-0.39, 0.29) is 0 Å². The van der Waals surface area contributed by atoms with Gasteiger partial charge in [0.2, 0.25) is 0 Å². The third-order valence-corrected chi connectivity index (χ3v) is 10.1. The van der Waals surface area contributed by atoms with Gasteiger partial charge in [-0.05, 0) is 87.4 Å². The van der Waals surface area contributed by atoms with Crippen molar-refractivity contribution in [2.45, 2.75) is 0 Å². The van der Waals surface area contributed by atoms with Crippen molar-refractivity contribution in [1.29, 1.82) is 0 Å². The number of nitrogens with zero attached hydrogens (tertiary/aromatic N) is 4. The first kappa shape index (κ1) is 28.9. The molecule has 0 aliphatic carbocycles. The summed E-state index contributed by atoms with van der Waals surface area (Å²) in [5, 5.41) is 8.07. The van der Waals surface area contributed by atoms with E-state index in [1.807, 2.05) is 36.7 Å². The predicted molar refractivity (Wildman–Crippen MR) is 211 cm³/mol. The van der Waals surface area contributed by atoms with Crippen LogP contribution in [0.15, 0.2) is 170 Å². The minimum atomic E-state index is 0.638. The quantitative estimate of drug-likeness (QED) is 0.141. The summed E-state index contributed by atoms with van der Waals surface area (Å²) in [6, 6.07) is 55.3. The van der Waals surface area contributed by atoms with E-state index in [9.17, 15) is 0 Å². The lowest BCUT2D eigenvalue weighted by molar-refractivity contribution is 1.18. The smallest absolute Gasteiger partial charge is 0.188 e. The van der Waals surface area contributed by atoms with Gasteiger partial charge in [0.15, 0.2) is 5.69 Å². The third kappa shape index (κ3) is 4.60. The molecule has 236 valence electrons. The van der Waals surface area contributed by atoms with Crippen LogP contribution in [0.2, 0.25) is 0 Å². The normalized spacial score (nSPS) is 11.5. The fraction of sp³-hybridized carbons (Fsp3) is 0. The maximum atomic E-state index is 7.67. The topological polar surface area (TPSA) is 35.1 Å². The van der Waals surface area contributed by atoms with E-state index in [0.717, 1.165) is 77.3 Å². The van der Waals surface area contributed by atoms with E-state index in [1.165, 1.54) is 16.2 Å². The second-order valence-corrected chi connectivity index (χ2v) is 12.9. The molecule has 51 heavy (non-hydrogen) atoms. The number of aromatic nitrogens is 3. The zero-order valence-electron chi connectivity index (χ0n) is 27.5. The third-order valence-electron chi connectivity index (χ3n) is 10.1. The molecule has 0 N–H and O–H groups in total. The Morgan fingerprint density at radius 2 is 1.18 bits per heavy atom. The largest absolute Gasteiger partial charge is 0.309 e. The van der Waals surface area contributed by atoms with Crippen LogP contribution in [0.25, 0.3) is 98.3 Å². The van der Waals surface area contributed by atoms with Crippen LogP contribution in [0, 0.1) is 6.57 Å². The lowest BCUT2D eigenvalue weighted by atomic mass is 9.90. The maximum absolute atomic E-state index is 7.67. The van der Waals surface area contributed by atoms with Crippen LogP contribution in [-0.2, 0) is 0 Å². The summed E-state index contributed by atoms with van der Waals surface area (Å²) in [5.74, 6) is 0. The Kier molecular flexibility index (Phi) is 6.52. The number of fused-ring (bicyclic) bond motifs is 8. The average Bonchev–Trinajstić information content (AvgIpc) is 3.53.